The summed E-state index contributed by atoms with van der Waals surface area (Å²) in [6, 6.07) is 5.05. The van der Waals surface area contributed by atoms with E-state index in [1.54, 1.807) is 45.9 Å². The lowest BCUT2D eigenvalue weighted by molar-refractivity contribution is -0.163. The van der Waals surface area contributed by atoms with E-state index < -0.39 is 23.6 Å². The smallest absolute Gasteiger partial charge is 0.312 e. The van der Waals surface area contributed by atoms with Gasteiger partial charge in [0.05, 0.1) is 26.2 Å². The second-order valence-corrected chi connectivity index (χ2v) is 5.88. The van der Waals surface area contributed by atoms with Gasteiger partial charge in [-0.2, -0.15) is 0 Å². The minimum atomic E-state index is -0.973. The maximum atomic E-state index is 12.0. The van der Waals surface area contributed by atoms with E-state index in [1.807, 2.05) is 0 Å². The second-order valence-electron chi connectivity index (χ2n) is 5.88. The van der Waals surface area contributed by atoms with Crippen LogP contribution in [0.4, 0.5) is 0 Å². The number of benzene rings is 1. The normalized spacial score (nSPS) is 14.2. The first-order valence-electron chi connectivity index (χ1n) is 6.82. The molecule has 2 atom stereocenters. The Morgan fingerprint density at radius 3 is 2.19 bits per heavy atom. The number of carbonyl (C=O) groups excluding carboxylic acids is 1. The molecule has 0 bridgehead atoms. The average Bonchev–Trinajstić information content (AvgIpc) is 2.43. The Morgan fingerprint density at radius 1 is 1.14 bits per heavy atom. The Kier molecular flexibility index (Phi) is 5.61. The van der Waals surface area contributed by atoms with E-state index >= 15 is 0 Å². The predicted octanol–water partition coefficient (Wildman–Crippen LogP) is 2.72. The molecule has 21 heavy (non-hydrogen) atoms. The monoisotopic (exact) mass is 296 g/mol. The van der Waals surface area contributed by atoms with Gasteiger partial charge in [0.25, 0.3) is 0 Å². The fourth-order valence-corrected chi connectivity index (χ4v) is 1.85. The number of hydrogen-bond acceptors (Lipinski definition) is 5. The molecule has 0 amide bonds. The van der Waals surface area contributed by atoms with Crippen LogP contribution in [0.5, 0.6) is 11.5 Å². The van der Waals surface area contributed by atoms with Gasteiger partial charge >= 0.3 is 5.97 Å². The molecule has 0 aliphatic carbocycles. The summed E-state index contributed by atoms with van der Waals surface area (Å²) in [5.74, 6) is -0.0454. The molecule has 1 rings (SSSR count). The van der Waals surface area contributed by atoms with Crippen molar-refractivity contribution in [1.29, 1.82) is 0 Å². The fraction of sp³-hybridized carbons (Fsp3) is 0.562. The van der Waals surface area contributed by atoms with Crippen LogP contribution in [0.2, 0.25) is 0 Å². The highest BCUT2D eigenvalue weighted by atomic mass is 16.6. The minimum absolute atomic E-state index is 0.440. The van der Waals surface area contributed by atoms with E-state index in [0.717, 1.165) is 0 Å². The van der Waals surface area contributed by atoms with E-state index in [2.05, 4.69) is 0 Å². The van der Waals surface area contributed by atoms with Crippen molar-refractivity contribution >= 4 is 5.97 Å². The van der Waals surface area contributed by atoms with Gasteiger partial charge < -0.3 is 19.3 Å². The molecule has 0 radical (unpaired) electrons. The number of carbonyl (C=O) groups is 1. The Labute approximate surface area is 125 Å². The van der Waals surface area contributed by atoms with Crippen molar-refractivity contribution in [3.05, 3.63) is 23.8 Å². The molecule has 5 heteroatoms. The molecule has 0 saturated carbocycles. The minimum Gasteiger partial charge on any atom is -0.493 e. The Morgan fingerprint density at radius 2 is 1.71 bits per heavy atom. The summed E-state index contributed by atoms with van der Waals surface area (Å²) in [6.07, 6.45) is -0.973. The van der Waals surface area contributed by atoms with Crippen LogP contribution >= 0.6 is 0 Å². The van der Waals surface area contributed by atoms with Crippen LogP contribution in [0.25, 0.3) is 0 Å². The number of aliphatic hydroxyl groups is 1. The van der Waals surface area contributed by atoms with Crippen LogP contribution < -0.4 is 9.47 Å². The molecule has 2 unspecified atom stereocenters. The Bertz CT molecular complexity index is 490. The number of hydrogen-bond donors (Lipinski definition) is 1. The van der Waals surface area contributed by atoms with Gasteiger partial charge in [0.2, 0.25) is 0 Å². The first-order chi connectivity index (χ1) is 9.69. The first kappa shape index (κ1) is 17.3. The summed E-state index contributed by atoms with van der Waals surface area (Å²) in [5.41, 5.74) is -0.00568. The topological polar surface area (TPSA) is 65.0 Å². The highest BCUT2D eigenvalue weighted by molar-refractivity contribution is 5.73. The van der Waals surface area contributed by atoms with Gasteiger partial charge in [-0.25, -0.2) is 0 Å². The molecule has 0 spiro atoms. The third kappa shape index (κ3) is 4.63. The van der Waals surface area contributed by atoms with Crippen molar-refractivity contribution < 1.29 is 24.1 Å². The van der Waals surface area contributed by atoms with E-state index in [0.29, 0.717) is 17.1 Å². The van der Waals surface area contributed by atoms with Crippen LogP contribution in [0.1, 0.15) is 39.4 Å². The van der Waals surface area contributed by atoms with Crippen molar-refractivity contribution in [3.8, 4) is 11.5 Å². The Hall–Kier alpha value is -1.75. The summed E-state index contributed by atoms with van der Waals surface area (Å²) in [6.45, 7) is 7.01. The van der Waals surface area contributed by atoms with Crippen LogP contribution in [-0.2, 0) is 9.53 Å². The zero-order valence-electron chi connectivity index (χ0n) is 13.5. The zero-order valence-corrected chi connectivity index (χ0v) is 13.5. The van der Waals surface area contributed by atoms with E-state index in [-0.39, 0.29) is 0 Å². The summed E-state index contributed by atoms with van der Waals surface area (Å²) in [7, 11) is 3.06. The largest absolute Gasteiger partial charge is 0.493 e. The van der Waals surface area contributed by atoms with Gasteiger partial charge in [-0.05, 0) is 45.4 Å². The molecular formula is C16H24O5. The zero-order chi connectivity index (χ0) is 16.2. The van der Waals surface area contributed by atoms with E-state index in [4.69, 9.17) is 14.2 Å². The molecule has 0 heterocycles. The van der Waals surface area contributed by atoms with E-state index in [1.165, 1.54) is 14.2 Å². The van der Waals surface area contributed by atoms with Gasteiger partial charge in [0.1, 0.15) is 5.60 Å². The van der Waals surface area contributed by atoms with Gasteiger partial charge in [0, 0.05) is 0 Å². The van der Waals surface area contributed by atoms with Gasteiger partial charge in [-0.1, -0.05) is 6.07 Å². The maximum absolute atomic E-state index is 12.0. The lowest BCUT2D eigenvalue weighted by Crippen LogP contribution is -2.30. The highest BCUT2D eigenvalue weighted by Gasteiger charge is 2.28. The second kappa shape index (κ2) is 6.80. The van der Waals surface area contributed by atoms with E-state index in [9.17, 15) is 9.90 Å². The van der Waals surface area contributed by atoms with Crippen LogP contribution in [-0.4, -0.2) is 30.9 Å². The van der Waals surface area contributed by atoms with Gasteiger partial charge in [-0.15, -0.1) is 0 Å². The predicted molar refractivity (Wildman–Crippen MR) is 79.5 cm³/mol. The first-order valence-corrected chi connectivity index (χ1v) is 6.82. The number of ether oxygens (including phenoxy) is 3. The Balaban J connectivity index is 2.92. The SMILES string of the molecule is COc1ccc(C(O)C(C)C(=O)OC(C)(C)C)cc1OC. The standard InChI is InChI=1S/C16H24O5/c1-10(15(18)21-16(2,3)4)14(17)11-7-8-12(19-5)13(9-11)20-6/h7-10,14,17H,1-6H3. The van der Waals surface area contributed by atoms with Crippen molar-refractivity contribution in [3.63, 3.8) is 0 Å². The number of methoxy groups -OCH3 is 2. The third-order valence-corrected chi connectivity index (χ3v) is 3.00. The molecule has 118 valence electrons. The van der Waals surface area contributed by atoms with Crippen LogP contribution in [0.15, 0.2) is 18.2 Å². The third-order valence-electron chi connectivity index (χ3n) is 3.00. The molecule has 0 aliphatic rings. The summed E-state index contributed by atoms with van der Waals surface area (Å²) in [5, 5.41) is 10.3. The van der Waals surface area contributed by atoms with Crippen LogP contribution in [0, 0.1) is 5.92 Å². The lowest BCUT2D eigenvalue weighted by atomic mass is 9.97. The van der Waals surface area contributed by atoms with Gasteiger partial charge in [0.15, 0.2) is 11.5 Å². The van der Waals surface area contributed by atoms with Crippen molar-refractivity contribution in [2.24, 2.45) is 5.92 Å². The maximum Gasteiger partial charge on any atom is 0.312 e. The number of aliphatic hydroxyl groups excluding tert-OH is 1. The summed E-state index contributed by atoms with van der Waals surface area (Å²) in [4.78, 5) is 12.0. The molecule has 5 nitrogen and oxygen atoms in total. The molecule has 1 N–H and O–H groups in total. The molecule has 0 aliphatic heterocycles. The van der Waals surface area contributed by atoms with Crippen molar-refractivity contribution in [1.82, 2.24) is 0 Å². The molecule has 1 aromatic carbocycles. The number of rotatable bonds is 5. The van der Waals surface area contributed by atoms with Gasteiger partial charge in [-0.3, -0.25) is 4.79 Å². The van der Waals surface area contributed by atoms with Crippen LogP contribution in [0.3, 0.4) is 0 Å². The highest BCUT2D eigenvalue weighted by Crippen LogP contribution is 2.32. The van der Waals surface area contributed by atoms with Crippen molar-refractivity contribution in [2.45, 2.75) is 39.4 Å². The molecule has 0 aromatic heterocycles. The lowest BCUT2D eigenvalue weighted by Gasteiger charge is -2.25. The summed E-state index contributed by atoms with van der Waals surface area (Å²) < 4.78 is 15.6. The molecule has 1 aromatic rings. The average molecular weight is 296 g/mol. The van der Waals surface area contributed by atoms with Crippen molar-refractivity contribution in [2.75, 3.05) is 14.2 Å². The summed E-state index contributed by atoms with van der Waals surface area (Å²) >= 11 is 0. The molecular weight excluding hydrogens is 272 g/mol. The molecule has 0 fully saturated rings. The number of esters is 1. The quantitative estimate of drug-likeness (QED) is 0.846. The fourth-order valence-electron chi connectivity index (χ4n) is 1.85. The molecule has 0 saturated heterocycles.